The highest BCUT2D eigenvalue weighted by atomic mass is 16.6. The fourth-order valence-electron chi connectivity index (χ4n) is 4.58. The van der Waals surface area contributed by atoms with Gasteiger partial charge in [-0.05, 0) is 39.2 Å². The van der Waals surface area contributed by atoms with Gasteiger partial charge in [0.05, 0.1) is 25.3 Å². The van der Waals surface area contributed by atoms with Crippen LogP contribution < -0.4 is 0 Å². The van der Waals surface area contributed by atoms with Crippen molar-refractivity contribution in [2.75, 3.05) is 13.7 Å². The molecular formula is C22H26N2O5. The summed E-state index contributed by atoms with van der Waals surface area (Å²) in [5, 5.41) is 0.944. The Hall–Kier alpha value is -2.83. The van der Waals surface area contributed by atoms with Crippen molar-refractivity contribution in [3.8, 4) is 0 Å². The van der Waals surface area contributed by atoms with Crippen molar-refractivity contribution in [2.45, 2.75) is 45.3 Å². The van der Waals surface area contributed by atoms with Crippen molar-refractivity contribution in [3.05, 3.63) is 35.5 Å². The molecule has 3 atom stereocenters. The number of carbonyl (C=O) groups excluding carboxylic acids is 3. The summed E-state index contributed by atoms with van der Waals surface area (Å²) in [4.78, 5) is 43.2. The molecule has 1 aromatic heterocycles. The molecule has 0 unspecified atom stereocenters. The number of amides is 1. The standard InChI is InChI=1S/C22H26N2O5/c1-22(2,3)29-21(27)24-11-12(9-17(25)28-4)14-10-16(24)18-13-7-5-6-8-15(13)23-19(18)20(14)26/h5-8,12,14,16,23H,9-11H2,1-4H3/t12-,14+,16+/m1/s1. The van der Waals surface area contributed by atoms with Gasteiger partial charge in [-0.2, -0.15) is 0 Å². The van der Waals surface area contributed by atoms with Crippen LogP contribution in [0.2, 0.25) is 0 Å². The van der Waals surface area contributed by atoms with E-state index in [9.17, 15) is 14.4 Å². The third kappa shape index (κ3) is 3.39. The summed E-state index contributed by atoms with van der Waals surface area (Å²) >= 11 is 0. The summed E-state index contributed by atoms with van der Waals surface area (Å²) in [7, 11) is 1.33. The second-order valence-corrected chi connectivity index (χ2v) is 8.85. The number of aromatic amines is 1. The predicted molar refractivity (Wildman–Crippen MR) is 107 cm³/mol. The number of hydrogen-bond acceptors (Lipinski definition) is 5. The summed E-state index contributed by atoms with van der Waals surface area (Å²) in [6, 6.07) is 7.45. The van der Waals surface area contributed by atoms with Gasteiger partial charge in [0.2, 0.25) is 0 Å². The predicted octanol–water partition coefficient (Wildman–Crippen LogP) is 3.84. The molecule has 1 N–H and O–H groups in total. The smallest absolute Gasteiger partial charge is 0.410 e. The van der Waals surface area contributed by atoms with Gasteiger partial charge in [0, 0.05) is 28.9 Å². The molecule has 0 saturated carbocycles. The number of likely N-dealkylation sites (tertiary alicyclic amines) is 1. The quantitative estimate of drug-likeness (QED) is 0.777. The lowest BCUT2D eigenvalue weighted by Crippen LogP contribution is -2.52. The molecule has 2 bridgehead atoms. The van der Waals surface area contributed by atoms with Gasteiger partial charge in [-0.15, -0.1) is 0 Å². The number of rotatable bonds is 2. The minimum absolute atomic E-state index is 0.00481. The molecule has 1 aliphatic heterocycles. The summed E-state index contributed by atoms with van der Waals surface area (Å²) in [5.41, 5.74) is 1.62. The summed E-state index contributed by atoms with van der Waals surface area (Å²) in [5.74, 6) is -1.02. The van der Waals surface area contributed by atoms with Crippen LogP contribution in [-0.2, 0) is 14.3 Å². The zero-order valence-corrected chi connectivity index (χ0v) is 17.2. The number of esters is 1. The average Bonchev–Trinajstić information content (AvgIpc) is 3.05. The Morgan fingerprint density at radius 2 is 1.97 bits per heavy atom. The molecule has 1 aromatic carbocycles. The molecule has 4 rings (SSSR count). The second kappa shape index (κ2) is 6.90. The lowest BCUT2D eigenvalue weighted by molar-refractivity contribution is -0.142. The van der Waals surface area contributed by atoms with Gasteiger partial charge >= 0.3 is 12.1 Å². The maximum atomic E-state index is 13.3. The molecule has 0 radical (unpaired) electrons. The van der Waals surface area contributed by atoms with Crippen LogP contribution in [0.25, 0.3) is 10.9 Å². The van der Waals surface area contributed by atoms with Crippen LogP contribution in [0.5, 0.6) is 0 Å². The zero-order chi connectivity index (χ0) is 20.9. The number of piperidine rings is 1. The van der Waals surface area contributed by atoms with Gasteiger partial charge in [0.1, 0.15) is 5.60 Å². The first-order valence-corrected chi connectivity index (χ1v) is 9.91. The van der Waals surface area contributed by atoms with E-state index in [1.165, 1.54) is 7.11 Å². The lowest BCUT2D eigenvalue weighted by Gasteiger charge is -2.46. The number of nitrogens with one attached hydrogen (secondary N) is 1. The first-order valence-electron chi connectivity index (χ1n) is 9.91. The molecule has 2 aromatic rings. The number of ether oxygens (including phenoxy) is 2. The highest BCUT2D eigenvalue weighted by Gasteiger charge is 2.49. The molecule has 7 nitrogen and oxygen atoms in total. The third-order valence-electron chi connectivity index (χ3n) is 5.80. The van der Waals surface area contributed by atoms with Gasteiger partial charge in [-0.1, -0.05) is 18.2 Å². The fraction of sp³-hybridized carbons (Fsp3) is 0.500. The number of hydrogen-bond donors (Lipinski definition) is 1. The minimum atomic E-state index is -0.640. The van der Waals surface area contributed by atoms with Crippen molar-refractivity contribution in [3.63, 3.8) is 0 Å². The molecule has 1 amide bonds. The van der Waals surface area contributed by atoms with Gasteiger partial charge in [-0.25, -0.2) is 4.79 Å². The van der Waals surface area contributed by atoms with E-state index in [0.29, 0.717) is 12.1 Å². The number of nitrogens with zero attached hydrogens (tertiary/aromatic N) is 1. The van der Waals surface area contributed by atoms with E-state index in [1.807, 2.05) is 45.0 Å². The van der Waals surface area contributed by atoms with Crippen molar-refractivity contribution in [1.29, 1.82) is 0 Å². The topological polar surface area (TPSA) is 88.7 Å². The normalized spacial score (nSPS) is 23.7. The maximum absolute atomic E-state index is 13.3. The van der Waals surface area contributed by atoms with Crippen molar-refractivity contribution in [2.24, 2.45) is 11.8 Å². The van der Waals surface area contributed by atoms with E-state index >= 15 is 0 Å². The monoisotopic (exact) mass is 398 g/mol. The third-order valence-corrected chi connectivity index (χ3v) is 5.80. The van der Waals surface area contributed by atoms with Crippen LogP contribution >= 0.6 is 0 Å². The number of Topliss-reactive ketones (excluding diaryl/α,β-unsaturated/α-hetero) is 1. The minimum Gasteiger partial charge on any atom is -0.469 e. The number of aromatic nitrogens is 1. The molecule has 2 heterocycles. The van der Waals surface area contributed by atoms with Crippen LogP contribution in [0.3, 0.4) is 0 Å². The first-order chi connectivity index (χ1) is 13.7. The largest absolute Gasteiger partial charge is 0.469 e. The first kappa shape index (κ1) is 19.5. The van der Waals surface area contributed by atoms with E-state index in [4.69, 9.17) is 9.47 Å². The summed E-state index contributed by atoms with van der Waals surface area (Å²) in [6.45, 7) is 5.76. The van der Waals surface area contributed by atoms with E-state index in [2.05, 4.69) is 4.98 Å². The van der Waals surface area contributed by atoms with E-state index < -0.39 is 11.7 Å². The molecule has 2 aliphatic rings. The Bertz CT molecular complexity index is 987. The molecule has 1 aliphatic carbocycles. The van der Waals surface area contributed by atoms with Gasteiger partial charge in [0.25, 0.3) is 0 Å². The average molecular weight is 398 g/mol. The van der Waals surface area contributed by atoms with Gasteiger partial charge in [-0.3, -0.25) is 9.59 Å². The zero-order valence-electron chi connectivity index (χ0n) is 17.2. The number of carbonyl (C=O) groups is 3. The Kier molecular flexibility index (Phi) is 4.63. The van der Waals surface area contributed by atoms with Crippen LogP contribution in [0, 0.1) is 11.8 Å². The number of H-pyrrole nitrogens is 1. The number of para-hydroxylation sites is 1. The van der Waals surface area contributed by atoms with E-state index in [1.54, 1.807) is 4.90 Å². The maximum Gasteiger partial charge on any atom is 0.410 e. The van der Waals surface area contributed by atoms with Gasteiger partial charge in [0.15, 0.2) is 5.78 Å². The summed E-state index contributed by atoms with van der Waals surface area (Å²) in [6.07, 6.45) is 0.143. The van der Waals surface area contributed by atoms with Gasteiger partial charge < -0.3 is 19.4 Å². The van der Waals surface area contributed by atoms with E-state index in [0.717, 1.165) is 16.5 Å². The number of methoxy groups -OCH3 is 1. The molecule has 154 valence electrons. The molecule has 1 saturated heterocycles. The second-order valence-electron chi connectivity index (χ2n) is 8.85. The lowest BCUT2D eigenvalue weighted by atomic mass is 9.70. The number of ketones is 1. The van der Waals surface area contributed by atoms with Crippen molar-refractivity contribution >= 4 is 28.7 Å². The number of benzene rings is 1. The number of fused-ring (bicyclic) bond motifs is 6. The SMILES string of the molecule is COC(=O)C[C@@H]1CN(C(=O)OC(C)(C)C)[C@H]2C[C@@H]1C(=O)c1[nH]c3ccccc3c12. The Morgan fingerprint density at radius 3 is 2.66 bits per heavy atom. The van der Waals surface area contributed by atoms with E-state index in [-0.39, 0.29) is 42.6 Å². The molecular weight excluding hydrogens is 372 g/mol. The Labute approximate surface area is 169 Å². The Morgan fingerprint density at radius 1 is 1.24 bits per heavy atom. The highest BCUT2D eigenvalue weighted by molar-refractivity contribution is 6.05. The van der Waals surface area contributed by atoms with Crippen molar-refractivity contribution in [1.82, 2.24) is 9.88 Å². The molecule has 0 spiro atoms. The van der Waals surface area contributed by atoms with Crippen LogP contribution in [0.4, 0.5) is 4.79 Å². The molecule has 1 fully saturated rings. The molecule has 7 heteroatoms. The summed E-state index contributed by atoms with van der Waals surface area (Å²) < 4.78 is 10.5. The Balaban J connectivity index is 1.80. The van der Waals surface area contributed by atoms with Crippen LogP contribution in [0.15, 0.2) is 24.3 Å². The fourth-order valence-corrected chi connectivity index (χ4v) is 4.58. The van der Waals surface area contributed by atoms with Crippen molar-refractivity contribution < 1.29 is 23.9 Å². The molecule has 29 heavy (non-hydrogen) atoms. The van der Waals surface area contributed by atoms with Crippen LogP contribution in [-0.4, -0.2) is 47.0 Å². The van der Waals surface area contributed by atoms with Crippen LogP contribution in [0.1, 0.15) is 55.7 Å². The highest BCUT2D eigenvalue weighted by Crippen LogP contribution is 2.48.